The molecule has 0 bridgehead atoms. The first-order valence-electron chi connectivity index (χ1n) is 9.43. The second-order valence-corrected chi connectivity index (χ2v) is 6.70. The summed E-state index contributed by atoms with van der Waals surface area (Å²) >= 11 is 0. The van der Waals surface area contributed by atoms with E-state index in [1.54, 1.807) is 6.08 Å². The van der Waals surface area contributed by atoms with Crippen LogP contribution in [-0.2, 0) is 6.42 Å². The highest BCUT2D eigenvalue weighted by Gasteiger charge is 2.24. The lowest BCUT2D eigenvalue weighted by Crippen LogP contribution is -2.38. The molecule has 4 rings (SSSR count). The fourth-order valence-electron chi connectivity index (χ4n) is 3.50. The minimum atomic E-state index is -0.274. The number of allylic oxidation sites excluding steroid dienone is 1. The average molecular weight is 379 g/mol. The summed E-state index contributed by atoms with van der Waals surface area (Å²) in [6.45, 7) is 3.89. The zero-order valence-electron chi connectivity index (χ0n) is 16.0. The van der Waals surface area contributed by atoms with Crippen LogP contribution in [0, 0.1) is 0 Å². The summed E-state index contributed by atoms with van der Waals surface area (Å²) in [5, 5.41) is 1.98. The van der Waals surface area contributed by atoms with Crippen LogP contribution in [-0.4, -0.2) is 10.9 Å². The van der Waals surface area contributed by atoms with Crippen molar-refractivity contribution in [1.82, 2.24) is 4.98 Å². The molecule has 0 aliphatic carbocycles. The zero-order valence-corrected chi connectivity index (χ0v) is 16.0. The van der Waals surface area contributed by atoms with E-state index in [4.69, 9.17) is 10.8 Å². The molecule has 29 heavy (non-hydrogen) atoms. The molecule has 142 valence electrons. The molecule has 0 spiro atoms. The smallest absolute Gasteiger partial charge is 0.267 e. The third-order valence-corrected chi connectivity index (χ3v) is 4.86. The van der Waals surface area contributed by atoms with Crippen molar-refractivity contribution in [2.45, 2.75) is 6.42 Å². The fourth-order valence-corrected chi connectivity index (χ4v) is 3.50. The van der Waals surface area contributed by atoms with Gasteiger partial charge in [-0.1, -0.05) is 72.8 Å². The number of anilines is 1. The van der Waals surface area contributed by atoms with Gasteiger partial charge in [-0.05, 0) is 30.2 Å². The number of para-hydroxylation sites is 2. The lowest BCUT2D eigenvalue weighted by atomic mass is 9.94. The number of hydrazine groups is 1. The number of nitrogens with zero attached hydrogens (tertiary/aromatic N) is 2. The number of rotatable bonds is 5. The van der Waals surface area contributed by atoms with Crippen molar-refractivity contribution >= 4 is 22.5 Å². The van der Waals surface area contributed by atoms with Gasteiger partial charge >= 0.3 is 0 Å². The number of fused-ring (bicyclic) bond motifs is 1. The number of hydrogen-bond donors (Lipinski definition) is 1. The van der Waals surface area contributed by atoms with E-state index in [2.05, 4.69) is 6.58 Å². The van der Waals surface area contributed by atoms with E-state index >= 15 is 0 Å². The number of pyridine rings is 1. The van der Waals surface area contributed by atoms with Crippen molar-refractivity contribution in [2.24, 2.45) is 5.84 Å². The second-order valence-electron chi connectivity index (χ2n) is 6.70. The summed E-state index contributed by atoms with van der Waals surface area (Å²) in [6.07, 6.45) is 2.30. The Balaban J connectivity index is 1.99. The monoisotopic (exact) mass is 379 g/mol. The molecule has 4 heteroatoms. The van der Waals surface area contributed by atoms with E-state index < -0.39 is 0 Å². The van der Waals surface area contributed by atoms with Gasteiger partial charge in [-0.25, -0.2) is 15.8 Å². The largest absolute Gasteiger partial charge is 0.273 e. The van der Waals surface area contributed by atoms with Crippen molar-refractivity contribution in [2.75, 3.05) is 5.01 Å². The Kier molecular flexibility index (Phi) is 5.18. The Morgan fingerprint density at radius 3 is 2.24 bits per heavy atom. The highest BCUT2D eigenvalue weighted by atomic mass is 16.2. The molecule has 4 nitrogen and oxygen atoms in total. The molecule has 0 atom stereocenters. The number of amides is 1. The first-order chi connectivity index (χ1) is 14.2. The van der Waals surface area contributed by atoms with Gasteiger partial charge in [0, 0.05) is 10.9 Å². The van der Waals surface area contributed by atoms with Gasteiger partial charge < -0.3 is 0 Å². The van der Waals surface area contributed by atoms with E-state index in [1.165, 1.54) is 5.01 Å². The molecular formula is C25H21N3O. The lowest BCUT2D eigenvalue weighted by molar-refractivity contribution is 0.0987. The maximum Gasteiger partial charge on any atom is 0.273 e. The lowest BCUT2D eigenvalue weighted by Gasteiger charge is -2.21. The van der Waals surface area contributed by atoms with Gasteiger partial charge in [0.2, 0.25) is 0 Å². The van der Waals surface area contributed by atoms with Gasteiger partial charge in [-0.2, -0.15) is 0 Å². The molecule has 1 heterocycles. The topological polar surface area (TPSA) is 59.2 Å². The second kappa shape index (κ2) is 8.09. The third kappa shape index (κ3) is 3.53. The van der Waals surface area contributed by atoms with Crippen LogP contribution in [0.4, 0.5) is 5.69 Å². The summed E-state index contributed by atoms with van der Waals surface area (Å²) < 4.78 is 0. The predicted molar refractivity (Wildman–Crippen MR) is 119 cm³/mol. The van der Waals surface area contributed by atoms with Crippen LogP contribution in [0.2, 0.25) is 0 Å². The molecule has 0 unspecified atom stereocenters. The molecule has 0 aliphatic rings. The van der Waals surface area contributed by atoms with Crippen molar-refractivity contribution in [3.63, 3.8) is 0 Å². The van der Waals surface area contributed by atoms with Crippen molar-refractivity contribution in [3.05, 3.63) is 109 Å². The number of carbonyl (C=O) groups is 1. The van der Waals surface area contributed by atoms with Crippen LogP contribution in [0.5, 0.6) is 0 Å². The molecule has 2 N–H and O–H groups in total. The molecule has 0 fully saturated rings. The summed E-state index contributed by atoms with van der Waals surface area (Å²) in [4.78, 5) is 18.5. The molecule has 3 aromatic carbocycles. The third-order valence-electron chi connectivity index (χ3n) is 4.86. The first kappa shape index (κ1) is 18.6. The van der Waals surface area contributed by atoms with E-state index in [0.29, 0.717) is 17.7 Å². The number of hydrogen-bond acceptors (Lipinski definition) is 3. The number of aromatic nitrogens is 1. The van der Waals surface area contributed by atoms with Gasteiger partial charge in [0.15, 0.2) is 0 Å². The molecule has 0 saturated carbocycles. The maximum atomic E-state index is 13.6. The average Bonchev–Trinajstić information content (AvgIpc) is 2.79. The van der Waals surface area contributed by atoms with E-state index in [0.717, 1.165) is 27.7 Å². The van der Waals surface area contributed by atoms with E-state index in [-0.39, 0.29) is 5.91 Å². The quantitative estimate of drug-likeness (QED) is 0.226. The Bertz CT molecular complexity index is 1170. The van der Waals surface area contributed by atoms with Gasteiger partial charge in [0.25, 0.3) is 5.91 Å². The summed E-state index contributed by atoms with van der Waals surface area (Å²) in [5.41, 5.74) is 4.48. The standard InChI is InChI=1S/C25H21N3O/c1-2-11-21-23(25(29)28(26)19-14-7-4-8-15-19)20-16-9-10-17-22(20)27-24(21)18-12-5-3-6-13-18/h2-10,12-17H,1,11,26H2. The number of nitrogens with two attached hydrogens (primary N) is 1. The van der Waals surface area contributed by atoms with Crippen LogP contribution in [0.15, 0.2) is 97.6 Å². The molecule has 0 aliphatic heterocycles. The number of benzene rings is 3. The normalized spacial score (nSPS) is 10.7. The summed E-state index contributed by atoms with van der Waals surface area (Å²) in [7, 11) is 0. The van der Waals surface area contributed by atoms with Crippen LogP contribution < -0.4 is 10.9 Å². The Morgan fingerprint density at radius 2 is 1.55 bits per heavy atom. The Morgan fingerprint density at radius 1 is 0.931 bits per heavy atom. The van der Waals surface area contributed by atoms with Crippen LogP contribution in [0.1, 0.15) is 15.9 Å². The van der Waals surface area contributed by atoms with Crippen molar-refractivity contribution in [3.8, 4) is 11.3 Å². The van der Waals surface area contributed by atoms with E-state index in [1.807, 2.05) is 84.9 Å². The SMILES string of the molecule is C=CCc1c(-c2ccccc2)nc2ccccc2c1C(=O)N(N)c1ccccc1. The minimum Gasteiger partial charge on any atom is -0.267 e. The van der Waals surface area contributed by atoms with Crippen molar-refractivity contribution in [1.29, 1.82) is 0 Å². The van der Waals surface area contributed by atoms with Crippen LogP contribution >= 0.6 is 0 Å². The maximum absolute atomic E-state index is 13.6. The van der Waals surface area contributed by atoms with Gasteiger partial charge in [-0.15, -0.1) is 6.58 Å². The number of carbonyl (C=O) groups excluding carboxylic acids is 1. The molecule has 1 amide bonds. The first-order valence-corrected chi connectivity index (χ1v) is 9.43. The highest BCUT2D eigenvalue weighted by Crippen LogP contribution is 2.32. The minimum absolute atomic E-state index is 0.274. The molecule has 0 saturated heterocycles. The van der Waals surface area contributed by atoms with Crippen molar-refractivity contribution < 1.29 is 4.79 Å². The highest BCUT2D eigenvalue weighted by molar-refractivity contribution is 6.15. The van der Waals surface area contributed by atoms with Gasteiger partial charge in [0.05, 0.1) is 22.5 Å². The molecule has 1 aromatic heterocycles. The Hall–Kier alpha value is -3.76. The van der Waals surface area contributed by atoms with Crippen LogP contribution in [0.25, 0.3) is 22.2 Å². The molecule has 4 aromatic rings. The van der Waals surface area contributed by atoms with Gasteiger partial charge in [-0.3, -0.25) is 4.79 Å². The fraction of sp³-hybridized carbons (Fsp3) is 0.0400. The Labute approximate surface area is 169 Å². The zero-order chi connectivity index (χ0) is 20.2. The van der Waals surface area contributed by atoms with E-state index in [9.17, 15) is 4.79 Å². The predicted octanol–water partition coefficient (Wildman–Crippen LogP) is 5.15. The molecule has 0 radical (unpaired) electrons. The summed E-state index contributed by atoms with van der Waals surface area (Å²) in [5.74, 6) is 5.98. The van der Waals surface area contributed by atoms with Crippen LogP contribution in [0.3, 0.4) is 0 Å². The summed E-state index contributed by atoms with van der Waals surface area (Å²) in [6, 6.07) is 26.8. The van der Waals surface area contributed by atoms with Gasteiger partial charge in [0.1, 0.15) is 0 Å². The molecular weight excluding hydrogens is 358 g/mol.